The van der Waals surface area contributed by atoms with E-state index >= 15 is 0 Å². The quantitative estimate of drug-likeness (QED) is 0.778. The Morgan fingerprint density at radius 3 is 2.37 bits per heavy atom. The molecule has 0 aliphatic carbocycles. The van der Waals surface area contributed by atoms with Crippen LogP contribution in [0.2, 0.25) is 0 Å². The number of amides is 1. The number of rotatable bonds is 3. The molecule has 2 aromatic carbocycles. The number of piperidine rings is 1. The summed E-state index contributed by atoms with van der Waals surface area (Å²) in [5.41, 5.74) is 10.4. The average Bonchev–Trinajstić information content (AvgIpc) is 3.15. The fraction of sp³-hybridized carbons (Fsp3) is 0.273. The largest absolute Gasteiger partial charge is 0.338 e. The van der Waals surface area contributed by atoms with E-state index in [4.69, 9.17) is 10.8 Å². The van der Waals surface area contributed by atoms with Crippen molar-refractivity contribution in [2.24, 2.45) is 5.73 Å². The standard InChI is InChI=1S/C22H24N4O/c1-16-7-9-19(10-8-16)26-15-20(21(24-26)17-5-3-2-4-6-17)22(27)25-13-11-18(23)12-14-25/h2-10,15,18H,11-14,23H2,1H3. The van der Waals surface area contributed by atoms with E-state index in [9.17, 15) is 4.79 Å². The summed E-state index contributed by atoms with van der Waals surface area (Å²) in [7, 11) is 0. The predicted molar refractivity (Wildman–Crippen MR) is 107 cm³/mol. The number of likely N-dealkylation sites (tertiary alicyclic amines) is 1. The van der Waals surface area contributed by atoms with Crippen LogP contribution in [0.1, 0.15) is 28.8 Å². The van der Waals surface area contributed by atoms with Gasteiger partial charge in [-0.3, -0.25) is 4.79 Å². The molecule has 1 aliphatic heterocycles. The molecular weight excluding hydrogens is 336 g/mol. The number of aryl methyl sites for hydroxylation is 1. The van der Waals surface area contributed by atoms with Gasteiger partial charge in [-0.1, -0.05) is 48.0 Å². The molecule has 0 bridgehead atoms. The highest BCUT2D eigenvalue weighted by molar-refractivity contribution is 6.00. The van der Waals surface area contributed by atoms with Crippen LogP contribution in [0.15, 0.2) is 60.8 Å². The maximum Gasteiger partial charge on any atom is 0.257 e. The van der Waals surface area contributed by atoms with E-state index in [1.54, 1.807) is 4.68 Å². The number of hydrogen-bond donors (Lipinski definition) is 1. The molecule has 0 saturated carbocycles. The van der Waals surface area contributed by atoms with Crippen LogP contribution in [-0.2, 0) is 0 Å². The Hall–Kier alpha value is -2.92. The molecule has 27 heavy (non-hydrogen) atoms. The van der Waals surface area contributed by atoms with Crippen LogP contribution in [0.25, 0.3) is 16.9 Å². The van der Waals surface area contributed by atoms with Gasteiger partial charge in [-0.2, -0.15) is 5.10 Å². The molecule has 5 heteroatoms. The second-order valence-corrected chi connectivity index (χ2v) is 7.17. The van der Waals surface area contributed by atoms with Crippen molar-refractivity contribution in [3.8, 4) is 16.9 Å². The second kappa shape index (κ2) is 7.37. The minimum atomic E-state index is 0.0270. The monoisotopic (exact) mass is 360 g/mol. The van der Waals surface area contributed by atoms with Gasteiger partial charge in [0.1, 0.15) is 5.69 Å². The van der Waals surface area contributed by atoms with Gasteiger partial charge < -0.3 is 10.6 Å². The molecule has 138 valence electrons. The van der Waals surface area contributed by atoms with Crippen LogP contribution < -0.4 is 5.73 Å². The zero-order valence-corrected chi connectivity index (χ0v) is 15.5. The summed E-state index contributed by atoms with van der Waals surface area (Å²) in [5, 5.41) is 4.76. The maximum absolute atomic E-state index is 13.2. The lowest BCUT2D eigenvalue weighted by Gasteiger charge is -2.30. The lowest BCUT2D eigenvalue weighted by Crippen LogP contribution is -2.42. The molecule has 1 fully saturated rings. The summed E-state index contributed by atoms with van der Waals surface area (Å²) >= 11 is 0. The summed E-state index contributed by atoms with van der Waals surface area (Å²) < 4.78 is 1.80. The normalized spacial score (nSPS) is 15.1. The van der Waals surface area contributed by atoms with E-state index < -0.39 is 0 Å². The second-order valence-electron chi connectivity index (χ2n) is 7.17. The molecule has 1 saturated heterocycles. The minimum absolute atomic E-state index is 0.0270. The lowest BCUT2D eigenvalue weighted by atomic mass is 10.0. The van der Waals surface area contributed by atoms with Gasteiger partial charge in [-0.05, 0) is 31.9 Å². The fourth-order valence-corrected chi connectivity index (χ4v) is 3.44. The molecule has 0 radical (unpaired) electrons. The van der Waals surface area contributed by atoms with Crippen LogP contribution >= 0.6 is 0 Å². The zero-order valence-electron chi connectivity index (χ0n) is 15.5. The van der Waals surface area contributed by atoms with Gasteiger partial charge in [0.2, 0.25) is 0 Å². The zero-order chi connectivity index (χ0) is 18.8. The average molecular weight is 360 g/mol. The van der Waals surface area contributed by atoms with Crippen molar-refractivity contribution in [1.82, 2.24) is 14.7 Å². The van der Waals surface area contributed by atoms with Crippen LogP contribution in [0.4, 0.5) is 0 Å². The summed E-state index contributed by atoms with van der Waals surface area (Å²) in [5.74, 6) is 0.0270. The van der Waals surface area contributed by atoms with Crippen LogP contribution in [0.3, 0.4) is 0 Å². The Morgan fingerprint density at radius 1 is 1.04 bits per heavy atom. The third-order valence-electron chi connectivity index (χ3n) is 5.12. The van der Waals surface area contributed by atoms with Gasteiger partial charge in [-0.15, -0.1) is 0 Å². The number of carbonyl (C=O) groups is 1. The number of hydrogen-bond acceptors (Lipinski definition) is 3. The molecule has 2 heterocycles. The van der Waals surface area contributed by atoms with Crippen molar-refractivity contribution < 1.29 is 4.79 Å². The van der Waals surface area contributed by atoms with Gasteiger partial charge in [0, 0.05) is 30.9 Å². The topological polar surface area (TPSA) is 64.2 Å². The highest BCUT2D eigenvalue weighted by Gasteiger charge is 2.26. The SMILES string of the molecule is Cc1ccc(-n2cc(C(=O)N3CCC(N)CC3)c(-c3ccccc3)n2)cc1. The summed E-state index contributed by atoms with van der Waals surface area (Å²) in [4.78, 5) is 15.1. The van der Waals surface area contributed by atoms with Crippen LogP contribution in [-0.4, -0.2) is 39.7 Å². The molecule has 3 aromatic rings. The highest BCUT2D eigenvalue weighted by Crippen LogP contribution is 2.26. The van der Waals surface area contributed by atoms with Crippen molar-refractivity contribution >= 4 is 5.91 Å². The van der Waals surface area contributed by atoms with E-state index in [0.29, 0.717) is 18.7 Å². The number of carbonyl (C=O) groups excluding carboxylic acids is 1. The van der Waals surface area contributed by atoms with Gasteiger partial charge in [0.05, 0.1) is 11.3 Å². The summed E-state index contributed by atoms with van der Waals surface area (Å²) in [6.45, 7) is 3.45. The Morgan fingerprint density at radius 2 is 1.70 bits per heavy atom. The first kappa shape index (κ1) is 17.5. The molecule has 0 unspecified atom stereocenters. The minimum Gasteiger partial charge on any atom is -0.338 e. The van der Waals surface area contributed by atoms with E-state index in [0.717, 1.165) is 29.8 Å². The molecule has 5 nitrogen and oxygen atoms in total. The molecule has 0 atom stereocenters. The highest BCUT2D eigenvalue weighted by atomic mass is 16.2. The van der Waals surface area contributed by atoms with Crippen molar-refractivity contribution in [2.45, 2.75) is 25.8 Å². The van der Waals surface area contributed by atoms with E-state index in [2.05, 4.69) is 6.92 Å². The number of nitrogens with two attached hydrogens (primary N) is 1. The Kier molecular flexibility index (Phi) is 4.77. The summed E-state index contributed by atoms with van der Waals surface area (Å²) in [6, 6.07) is 18.2. The number of benzene rings is 2. The van der Waals surface area contributed by atoms with E-state index in [-0.39, 0.29) is 11.9 Å². The molecule has 1 aromatic heterocycles. The molecule has 0 spiro atoms. The molecule has 2 N–H and O–H groups in total. The molecule has 1 amide bonds. The van der Waals surface area contributed by atoms with Crippen LogP contribution in [0, 0.1) is 6.92 Å². The van der Waals surface area contributed by atoms with Crippen molar-refractivity contribution in [3.63, 3.8) is 0 Å². The predicted octanol–water partition coefficient (Wildman–Crippen LogP) is 3.41. The first-order valence-electron chi connectivity index (χ1n) is 9.39. The Bertz CT molecular complexity index is 923. The molecular formula is C22H24N4O. The Labute approximate surface area is 159 Å². The lowest BCUT2D eigenvalue weighted by molar-refractivity contribution is 0.0715. The summed E-state index contributed by atoms with van der Waals surface area (Å²) in [6.07, 6.45) is 3.54. The van der Waals surface area contributed by atoms with Gasteiger partial charge >= 0.3 is 0 Å². The van der Waals surface area contributed by atoms with Crippen molar-refractivity contribution in [2.75, 3.05) is 13.1 Å². The van der Waals surface area contributed by atoms with Crippen molar-refractivity contribution in [3.05, 3.63) is 71.9 Å². The number of nitrogens with zero attached hydrogens (tertiary/aromatic N) is 3. The first-order valence-corrected chi connectivity index (χ1v) is 9.39. The van der Waals surface area contributed by atoms with Gasteiger partial charge in [0.25, 0.3) is 5.91 Å². The van der Waals surface area contributed by atoms with Gasteiger partial charge in [0.15, 0.2) is 0 Å². The van der Waals surface area contributed by atoms with E-state index in [1.165, 1.54) is 5.56 Å². The van der Waals surface area contributed by atoms with Crippen LogP contribution in [0.5, 0.6) is 0 Å². The van der Waals surface area contributed by atoms with Gasteiger partial charge in [-0.25, -0.2) is 4.68 Å². The third kappa shape index (κ3) is 3.64. The number of aromatic nitrogens is 2. The third-order valence-corrected chi connectivity index (χ3v) is 5.12. The maximum atomic E-state index is 13.2. The molecule has 4 rings (SSSR count). The van der Waals surface area contributed by atoms with Crippen molar-refractivity contribution in [1.29, 1.82) is 0 Å². The Balaban J connectivity index is 1.74. The first-order chi connectivity index (χ1) is 13.1. The smallest absolute Gasteiger partial charge is 0.257 e. The van der Waals surface area contributed by atoms with E-state index in [1.807, 2.05) is 65.7 Å². The fourth-order valence-electron chi connectivity index (χ4n) is 3.44. The molecule has 1 aliphatic rings.